The number of halogens is 4. The average molecular weight is 606 g/mol. The van der Waals surface area contributed by atoms with Crippen molar-refractivity contribution in [3.63, 3.8) is 0 Å². The van der Waals surface area contributed by atoms with E-state index in [4.69, 9.17) is 23.2 Å². The van der Waals surface area contributed by atoms with Crippen LogP contribution in [0.5, 0.6) is 0 Å². The number of hydrogen-bond donors (Lipinski definition) is 3. The lowest BCUT2D eigenvalue weighted by molar-refractivity contribution is 0.146. The number of aliphatic hydroxyl groups excluding tert-OH is 1. The fourth-order valence-electron chi connectivity index (χ4n) is 4.45. The van der Waals surface area contributed by atoms with E-state index in [1.54, 1.807) is 49.4 Å². The van der Waals surface area contributed by atoms with E-state index >= 15 is 0 Å². The largest absolute Gasteiger partial charge is 0.403 e. The summed E-state index contributed by atoms with van der Waals surface area (Å²) < 4.78 is 68.1. The fraction of sp³-hybridized carbons (Fsp3) is 0.179. The van der Waals surface area contributed by atoms with Crippen molar-refractivity contribution in [2.24, 2.45) is 11.6 Å². The Labute approximate surface area is 240 Å². The van der Waals surface area contributed by atoms with Gasteiger partial charge in [-0.1, -0.05) is 29.8 Å². The molecule has 3 aromatic carbocycles. The maximum Gasteiger partial charge on any atom is 0.281 e. The zero-order chi connectivity index (χ0) is 30.1. The monoisotopic (exact) mass is 605 g/mol. The molecule has 0 bridgehead atoms. The lowest BCUT2D eigenvalue weighted by Crippen LogP contribution is -2.30. The molecule has 0 unspecified atom stereocenters. The van der Waals surface area contributed by atoms with Gasteiger partial charge in [-0.05, 0) is 60.0 Å². The molecule has 1 aromatic heterocycles. The first-order valence-electron chi connectivity index (χ1n) is 12.1. The van der Waals surface area contributed by atoms with Crippen LogP contribution in [-0.2, 0) is 23.0 Å². The van der Waals surface area contributed by atoms with Crippen molar-refractivity contribution in [2.45, 2.75) is 31.4 Å². The fourth-order valence-corrected chi connectivity index (χ4v) is 5.53. The summed E-state index contributed by atoms with van der Waals surface area (Å²) in [6, 6.07) is 14.1. The summed E-state index contributed by atoms with van der Waals surface area (Å²) in [5.41, 5.74) is 7.69. The molecule has 0 fully saturated rings. The molecular weight excluding hydrogens is 579 g/mol. The summed E-state index contributed by atoms with van der Waals surface area (Å²) in [4.78, 5) is 3.59. The summed E-state index contributed by atoms with van der Waals surface area (Å²) in [5.74, 6) is 5.81. The Morgan fingerprint density at radius 3 is 2.39 bits per heavy atom. The minimum absolute atomic E-state index is 0.188. The maximum atomic E-state index is 14.9. The van der Waals surface area contributed by atoms with E-state index in [0.717, 1.165) is 17.9 Å². The second-order valence-electron chi connectivity index (χ2n) is 9.29. The van der Waals surface area contributed by atoms with Crippen molar-refractivity contribution in [1.82, 2.24) is 14.6 Å². The van der Waals surface area contributed by atoms with Gasteiger partial charge >= 0.3 is 0 Å². The molecule has 0 saturated carbocycles. The van der Waals surface area contributed by atoms with Crippen molar-refractivity contribution < 1.29 is 26.7 Å². The molecule has 0 radical (unpaired) electrons. The number of alkyl halides is 2. The quantitative estimate of drug-likeness (QED) is 0.179. The van der Waals surface area contributed by atoms with Crippen LogP contribution < -0.4 is 11.6 Å². The van der Waals surface area contributed by atoms with Gasteiger partial charge < -0.3 is 20.4 Å². The van der Waals surface area contributed by atoms with Gasteiger partial charge in [0.2, 0.25) is 0 Å². The molecule has 0 aliphatic carbocycles. The molecular formula is C28H27ClF3N5O3S. The van der Waals surface area contributed by atoms with Gasteiger partial charge in [0.05, 0.1) is 29.4 Å². The predicted octanol–water partition coefficient (Wildman–Crippen LogP) is 5.11. The highest BCUT2D eigenvalue weighted by Crippen LogP contribution is 2.34. The number of aromatic nitrogens is 2. The molecule has 5 N–H and O–H groups in total. The number of aryl methyl sites for hydroxylation is 1. The minimum Gasteiger partial charge on any atom is -0.403 e. The van der Waals surface area contributed by atoms with E-state index in [0.29, 0.717) is 27.5 Å². The smallest absolute Gasteiger partial charge is 0.281 e. The number of nitrogens with two attached hydrogens (primary N) is 2. The van der Waals surface area contributed by atoms with Gasteiger partial charge in [-0.25, -0.2) is 32.4 Å². The summed E-state index contributed by atoms with van der Waals surface area (Å²) in [6.07, 6.45) is 0.556. The van der Waals surface area contributed by atoms with Crippen LogP contribution in [-0.4, -0.2) is 34.3 Å². The standard InChI is InChI=1S/C28H27ClF3N5O3S/c1-16-35-24(28(31)32)14-36(16)25-8-5-18(19-10-23(30)22(15-38)27(11-19)41(2,39)40)9-21(25)26(12-33)37(34)13-17-3-6-20(29)7-4-17/h3-12,14,28,38H,13,15,33-34H2,1-2H3/b26-12-. The molecule has 216 valence electrons. The van der Waals surface area contributed by atoms with Crippen LogP contribution >= 0.6 is 11.6 Å². The lowest BCUT2D eigenvalue weighted by Gasteiger charge is -2.25. The number of hydrogen-bond acceptors (Lipinski definition) is 7. The molecule has 4 aromatic rings. The molecule has 0 saturated heterocycles. The van der Waals surface area contributed by atoms with E-state index in [-0.39, 0.29) is 28.4 Å². The zero-order valence-corrected chi connectivity index (χ0v) is 23.6. The Bertz CT molecular complexity index is 1720. The minimum atomic E-state index is -3.90. The number of rotatable bonds is 9. The molecule has 8 nitrogen and oxygen atoms in total. The van der Waals surface area contributed by atoms with Gasteiger partial charge in [-0.2, -0.15) is 0 Å². The van der Waals surface area contributed by atoms with Crippen LogP contribution in [0.15, 0.2) is 71.9 Å². The molecule has 41 heavy (non-hydrogen) atoms. The molecule has 0 atom stereocenters. The maximum absolute atomic E-state index is 14.9. The molecule has 0 aliphatic heterocycles. The molecule has 13 heteroatoms. The van der Waals surface area contributed by atoms with Crippen LogP contribution in [0.25, 0.3) is 22.5 Å². The first kappa shape index (κ1) is 30.1. The Morgan fingerprint density at radius 1 is 1.15 bits per heavy atom. The summed E-state index contributed by atoms with van der Waals surface area (Å²) in [7, 11) is -3.90. The highest BCUT2D eigenvalue weighted by Gasteiger charge is 2.22. The number of imidazole rings is 1. The van der Waals surface area contributed by atoms with Gasteiger partial charge in [-0.15, -0.1) is 0 Å². The van der Waals surface area contributed by atoms with Crippen molar-refractivity contribution in [2.75, 3.05) is 6.26 Å². The first-order chi connectivity index (χ1) is 19.3. The highest BCUT2D eigenvalue weighted by molar-refractivity contribution is 7.90. The second-order valence-corrected chi connectivity index (χ2v) is 11.7. The molecule has 4 rings (SSSR count). The number of aliphatic hydroxyl groups is 1. The number of benzene rings is 3. The number of hydrazine groups is 1. The Kier molecular flexibility index (Phi) is 8.78. The normalized spacial score (nSPS) is 12.3. The summed E-state index contributed by atoms with van der Waals surface area (Å²) >= 11 is 5.99. The first-order valence-corrected chi connectivity index (χ1v) is 14.4. The zero-order valence-electron chi connectivity index (χ0n) is 22.0. The van der Waals surface area contributed by atoms with Crippen LogP contribution in [0.2, 0.25) is 5.02 Å². The summed E-state index contributed by atoms with van der Waals surface area (Å²) in [6.45, 7) is 0.940. The predicted molar refractivity (Wildman–Crippen MR) is 151 cm³/mol. The SMILES string of the molecule is Cc1nc(C(F)F)cn1-c1ccc(-c2cc(F)c(CO)c(S(C)(=O)=O)c2)cc1/C(=C/N)N(N)Cc1ccc(Cl)cc1. The third kappa shape index (κ3) is 6.41. The molecule has 0 amide bonds. The van der Waals surface area contributed by atoms with Gasteiger partial charge in [0, 0.05) is 34.8 Å². The van der Waals surface area contributed by atoms with Crippen LogP contribution in [0, 0.1) is 12.7 Å². The average Bonchev–Trinajstić information content (AvgIpc) is 3.31. The number of sulfone groups is 1. The van der Waals surface area contributed by atoms with Crippen LogP contribution in [0.3, 0.4) is 0 Å². The van der Waals surface area contributed by atoms with E-state index in [1.165, 1.54) is 28.0 Å². The van der Waals surface area contributed by atoms with Gasteiger partial charge in [0.1, 0.15) is 17.3 Å². The molecule has 0 spiro atoms. The third-order valence-electron chi connectivity index (χ3n) is 6.44. The van der Waals surface area contributed by atoms with Crippen molar-refractivity contribution >= 4 is 27.1 Å². The van der Waals surface area contributed by atoms with E-state index in [2.05, 4.69) is 4.98 Å². The van der Waals surface area contributed by atoms with Crippen molar-refractivity contribution in [3.05, 3.63) is 106 Å². The third-order valence-corrected chi connectivity index (χ3v) is 7.85. The van der Waals surface area contributed by atoms with Crippen molar-refractivity contribution in [1.29, 1.82) is 0 Å². The molecule has 0 aliphatic rings. The van der Waals surface area contributed by atoms with Gasteiger partial charge in [0.15, 0.2) is 9.84 Å². The van der Waals surface area contributed by atoms with Gasteiger partial charge in [0.25, 0.3) is 6.43 Å². The van der Waals surface area contributed by atoms with Gasteiger partial charge in [-0.3, -0.25) is 0 Å². The highest BCUT2D eigenvalue weighted by atomic mass is 35.5. The Hall–Kier alpha value is -3.84. The summed E-state index contributed by atoms with van der Waals surface area (Å²) in [5, 5.41) is 11.5. The second kappa shape index (κ2) is 12.0. The lowest BCUT2D eigenvalue weighted by atomic mass is 9.98. The number of nitrogens with zero attached hydrogens (tertiary/aromatic N) is 3. The Balaban J connectivity index is 1.92. The van der Waals surface area contributed by atoms with Crippen molar-refractivity contribution in [3.8, 4) is 16.8 Å². The van der Waals surface area contributed by atoms with E-state index in [1.807, 2.05) is 0 Å². The van der Waals surface area contributed by atoms with E-state index in [9.17, 15) is 26.7 Å². The van der Waals surface area contributed by atoms with Crippen LogP contribution in [0.1, 0.15) is 34.6 Å². The topological polar surface area (TPSA) is 127 Å². The van der Waals surface area contributed by atoms with Crippen LogP contribution in [0.4, 0.5) is 13.2 Å². The van der Waals surface area contributed by atoms with E-state index < -0.39 is 34.4 Å². The Morgan fingerprint density at radius 2 is 1.83 bits per heavy atom. The molecule has 1 heterocycles.